The van der Waals surface area contributed by atoms with Crippen LogP contribution in [0.2, 0.25) is 5.02 Å². The lowest BCUT2D eigenvalue weighted by Crippen LogP contribution is -2.47. The van der Waals surface area contributed by atoms with Crippen molar-refractivity contribution in [1.29, 1.82) is 0 Å². The van der Waals surface area contributed by atoms with Crippen molar-refractivity contribution in [3.05, 3.63) is 34.9 Å². The van der Waals surface area contributed by atoms with E-state index in [2.05, 4.69) is 5.32 Å². The van der Waals surface area contributed by atoms with Crippen LogP contribution in [0, 0.1) is 11.8 Å². The molecule has 0 bridgehead atoms. The largest absolute Gasteiger partial charge is 0.468 e. The maximum Gasteiger partial charge on any atom is 0.326 e. The molecular formula is C19H25ClN2O3. The van der Waals surface area contributed by atoms with Crippen molar-refractivity contribution in [1.82, 2.24) is 10.2 Å². The molecular weight excluding hydrogens is 340 g/mol. The number of benzene rings is 1. The molecule has 3 rings (SSSR count). The van der Waals surface area contributed by atoms with E-state index < -0.39 is 5.54 Å². The minimum Gasteiger partial charge on any atom is -0.468 e. The number of hydrogen-bond donors (Lipinski definition) is 1. The van der Waals surface area contributed by atoms with E-state index in [1.54, 1.807) is 0 Å². The number of carbonyl (C=O) groups excluding carboxylic acids is 2. The van der Waals surface area contributed by atoms with Crippen LogP contribution in [-0.2, 0) is 14.3 Å². The molecule has 1 heterocycles. The van der Waals surface area contributed by atoms with Crippen molar-refractivity contribution in [3.63, 3.8) is 0 Å². The Morgan fingerprint density at radius 1 is 1.36 bits per heavy atom. The number of halogens is 1. The Labute approximate surface area is 153 Å². The molecule has 1 aromatic rings. The number of ether oxygens (including phenoxy) is 1. The van der Waals surface area contributed by atoms with Gasteiger partial charge in [0.1, 0.15) is 5.54 Å². The molecule has 1 aliphatic carbocycles. The van der Waals surface area contributed by atoms with Crippen LogP contribution < -0.4 is 5.32 Å². The van der Waals surface area contributed by atoms with E-state index in [1.165, 1.54) is 20.0 Å². The van der Waals surface area contributed by atoms with Gasteiger partial charge in [0.15, 0.2) is 0 Å². The monoisotopic (exact) mass is 364 g/mol. The Kier molecular flexibility index (Phi) is 5.07. The van der Waals surface area contributed by atoms with Crippen LogP contribution >= 0.6 is 11.6 Å². The van der Waals surface area contributed by atoms with Crippen molar-refractivity contribution in [2.24, 2.45) is 11.8 Å². The van der Waals surface area contributed by atoms with Crippen molar-refractivity contribution in [2.75, 3.05) is 20.7 Å². The predicted octanol–water partition coefficient (Wildman–Crippen LogP) is 2.79. The second-order valence-electron chi connectivity index (χ2n) is 7.34. The van der Waals surface area contributed by atoms with E-state index >= 15 is 0 Å². The Hall–Kier alpha value is -1.59. The summed E-state index contributed by atoms with van der Waals surface area (Å²) in [4.78, 5) is 27.2. The Morgan fingerprint density at radius 3 is 2.64 bits per heavy atom. The first kappa shape index (κ1) is 18.2. The van der Waals surface area contributed by atoms with Crippen LogP contribution in [-0.4, -0.2) is 43.0 Å². The van der Waals surface area contributed by atoms with Crippen LogP contribution in [0.15, 0.2) is 24.3 Å². The number of likely N-dealkylation sites (N-methyl/N-ethyl adjacent to an activating group) is 1. The summed E-state index contributed by atoms with van der Waals surface area (Å²) in [5, 5.41) is 3.67. The molecule has 1 aromatic carbocycles. The molecule has 1 amide bonds. The summed E-state index contributed by atoms with van der Waals surface area (Å²) in [6.07, 6.45) is 2.76. The number of amides is 1. The molecule has 5 nitrogen and oxygen atoms in total. The van der Waals surface area contributed by atoms with E-state index in [1.807, 2.05) is 43.1 Å². The molecule has 2 aliphatic rings. The summed E-state index contributed by atoms with van der Waals surface area (Å²) in [7, 11) is 3.24. The van der Waals surface area contributed by atoms with Gasteiger partial charge in [0.25, 0.3) is 0 Å². The molecule has 1 aliphatic heterocycles. The smallest absolute Gasteiger partial charge is 0.326 e. The average Bonchev–Trinajstić information content (AvgIpc) is 3.39. The molecule has 1 N–H and O–H groups in total. The Balaban J connectivity index is 1.92. The highest BCUT2D eigenvalue weighted by atomic mass is 35.5. The van der Waals surface area contributed by atoms with Gasteiger partial charge in [-0.05, 0) is 50.8 Å². The highest BCUT2D eigenvalue weighted by Gasteiger charge is 2.55. The summed E-state index contributed by atoms with van der Waals surface area (Å²) >= 11 is 6.41. The maximum absolute atomic E-state index is 12.9. The molecule has 0 radical (unpaired) electrons. The standard InChI is InChI=1S/C19H25ClN2O3/c1-19(18(24)25-3)10-14(17(23)21-11-12-8-9-12)16(22(19)2)13-6-4-5-7-15(13)20/h4-7,12,14,16H,8-11H2,1-3H3,(H,21,23)/t14-,16-,19-/m0/s1. The third kappa shape index (κ3) is 3.40. The number of nitrogens with one attached hydrogen (secondary N) is 1. The molecule has 3 atom stereocenters. The third-order valence-electron chi connectivity index (χ3n) is 5.64. The molecule has 0 unspecified atom stereocenters. The van der Waals surface area contributed by atoms with Gasteiger partial charge >= 0.3 is 5.97 Å². The fraction of sp³-hybridized carbons (Fsp3) is 0.579. The highest BCUT2D eigenvalue weighted by molar-refractivity contribution is 6.31. The van der Waals surface area contributed by atoms with Gasteiger partial charge < -0.3 is 10.1 Å². The minimum absolute atomic E-state index is 0.0173. The van der Waals surface area contributed by atoms with E-state index in [0.717, 1.165) is 5.56 Å². The first-order valence-corrected chi connectivity index (χ1v) is 9.09. The van der Waals surface area contributed by atoms with E-state index in [9.17, 15) is 9.59 Å². The number of esters is 1. The van der Waals surface area contributed by atoms with Crippen molar-refractivity contribution in [3.8, 4) is 0 Å². The first-order chi connectivity index (χ1) is 11.9. The van der Waals surface area contributed by atoms with E-state index in [0.29, 0.717) is 23.9 Å². The quantitative estimate of drug-likeness (QED) is 0.816. The first-order valence-electron chi connectivity index (χ1n) is 8.72. The van der Waals surface area contributed by atoms with E-state index in [-0.39, 0.29) is 23.8 Å². The van der Waals surface area contributed by atoms with Crippen molar-refractivity contribution < 1.29 is 14.3 Å². The lowest BCUT2D eigenvalue weighted by atomic mass is 9.89. The lowest BCUT2D eigenvalue weighted by molar-refractivity contribution is -0.152. The summed E-state index contributed by atoms with van der Waals surface area (Å²) in [6.45, 7) is 2.54. The predicted molar refractivity (Wildman–Crippen MR) is 96.2 cm³/mol. The van der Waals surface area contributed by atoms with Crippen LogP contribution in [0.3, 0.4) is 0 Å². The van der Waals surface area contributed by atoms with Crippen LogP contribution in [0.25, 0.3) is 0 Å². The van der Waals surface area contributed by atoms with Gasteiger partial charge in [0.05, 0.1) is 13.0 Å². The molecule has 1 saturated heterocycles. The van der Waals surface area contributed by atoms with E-state index in [4.69, 9.17) is 16.3 Å². The molecule has 1 saturated carbocycles. The van der Waals surface area contributed by atoms with Crippen molar-refractivity contribution >= 4 is 23.5 Å². The van der Waals surface area contributed by atoms with Gasteiger partial charge in [-0.3, -0.25) is 14.5 Å². The van der Waals surface area contributed by atoms with Gasteiger partial charge in [-0.15, -0.1) is 0 Å². The molecule has 136 valence electrons. The van der Waals surface area contributed by atoms with Gasteiger partial charge in [-0.25, -0.2) is 0 Å². The zero-order valence-electron chi connectivity index (χ0n) is 14.9. The molecule has 0 spiro atoms. The Morgan fingerprint density at radius 2 is 2.04 bits per heavy atom. The van der Waals surface area contributed by atoms with Crippen molar-refractivity contribution in [2.45, 2.75) is 37.8 Å². The fourth-order valence-corrected chi connectivity index (χ4v) is 4.03. The summed E-state index contributed by atoms with van der Waals surface area (Å²) in [5.41, 5.74) is 0.00561. The number of carbonyl (C=O) groups is 2. The lowest BCUT2D eigenvalue weighted by Gasteiger charge is -2.33. The molecule has 25 heavy (non-hydrogen) atoms. The van der Waals surface area contributed by atoms with Gasteiger partial charge in [0, 0.05) is 17.6 Å². The Bertz CT molecular complexity index is 676. The summed E-state index contributed by atoms with van der Waals surface area (Å²) in [6, 6.07) is 7.24. The molecule has 0 aromatic heterocycles. The second kappa shape index (κ2) is 6.96. The summed E-state index contributed by atoms with van der Waals surface area (Å²) in [5.74, 6) is -0.0950. The topological polar surface area (TPSA) is 58.6 Å². The SMILES string of the molecule is COC(=O)[C@]1(C)C[C@H](C(=O)NCC2CC2)[C@H](c2ccccc2Cl)N1C. The molecule has 6 heteroatoms. The van der Waals surface area contributed by atoms with Gasteiger partial charge in [0.2, 0.25) is 5.91 Å². The van der Waals surface area contributed by atoms with Crippen LogP contribution in [0.4, 0.5) is 0 Å². The summed E-state index contributed by atoms with van der Waals surface area (Å²) < 4.78 is 5.01. The van der Waals surface area contributed by atoms with Crippen LogP contribution in [0.5, 0.6) is 0 Å². The zero-order chi connectivity index (χ0) is 18.2. The fourth-order valence-electron chi connectivity index (χ4n) is 3.78. The average molecular weight is 365 g/mol. The maximum atomic E-state index is 12.9. The normalized spacial score (nSPS) is 29.4. The van der Waals surface area contributed by atoms with Gasteiger partial charge in [-0.2, -0.15) is 0 Å². The zero-order valence-corrected chi connectivity index (χ0v) is 15.7. The number of rotatable bonds is 5. The third-order valence-corrected chi connectivity index (χ3v) is 5.99. The van der Waals surface area contributed by atoms with Gasteiger partial charge in [-0.1, -0.05) is 29.8 Å². The second-order valence-corrected chi connectivity index (χ2v) is 7.75. The minimum atomic E-state index is -0.861. The number of methoxy groups -OCH3 is 1. The highest BCUT2D eigenvalue weighted by Crippen LogP contribution is 2.47. The number of hydrogen-bond acceptors (Lipinski definition) is 4. The molecule has 2 fully saturated rings. The number of likely N-dealkylation sites (tertiary alicyclic amines) is 1. The van der Waals surface area contributed by atoms with Crippen LogP contribution in [0.1, 0.15) is 37.8 Å². The number of nitrogens with zero attached hydrogens (tertiary/aromatic N) is 1.